The first-order chi connectivity index (χ1) is 31.0. The predicted molar refractivity (Wildman–Crippen MR) is 251 cm³/mol. The molecule has 3 rings (SSSR count). The molecule has 0 saturated carbocycles. The molecule has 3 saturated heterocycles. The smallest absolute Gasteiger partial charge is 0.432 e. The lowest BCUT2D eigenvalue weighted by molar-refractivity contribution is -0.930. The number of esters is 2. The van der Waals surface area contributed by atoms with Crippen LogP contribution in [0.5, 0.6) is 0 Å². The third kappa shape index (κ3) is 24.1. The standard InChI is InChI=1S/C48H90N5O10P/c1-3-5-7-9-11-13-15-17-19-21-23-25-27-29-46(57)61-41-43(63-47(58)30-28-26-24-22-20-18-16-14-12-10-8-6-4-2)42-62-64(59,60)49-44(54)40-53-37-35-51-33-31-50(39-45(55)56)32-34-52(36-38-53)48(51)53/h43,48H,3-42H2,1-2H3,(H2-,49,54,55,56,59,60)/p+1. The highest BCUT2D eigenvalue weighted by molar-refractivity contribution is 7.51. The first kappa shape index (κ1) is 56.2. The molecular formula is C48H91N5O10P+. The maximum Gasteiger partial charge on any atom is 0.432 e. The normalized spacial score (nSPS) is 20.6. The number of carbonyl (C=O) groups is 4. The number of unbranched alkanes of at least 4 members (excludes halogenated alkanes) is 24. The van der Waals surface area contributed by atoms with Gasteiger partial charge in [0.1, 0.15) is 6.61 Å². The Balaban J connectivity index is 1.41. The van der Waals surface area contributed by atoms with Gasteiger partial charge in [0.05, 0.1) is 39.3 Å². The van der Waals surface area contributed by atoms with Gasteiger partial charge >= 0.3 is 25.7 Å². The molecule has 64 heavy (non-hydrogen) atoms. The van der Waals surface area contributed by atoms with E-state index >= 15 is 0 Å². The van der Waals surface area contributed by atoms with Gasteiger partial charge in [0.2, 0.25) is 6.29 Å². The Kier molecular flexibility index (Phi) is 29.3. The minimum absolute atomic E-state index is 0.0119. The Hall–Kier alpha value is -2.13. The number of carboxylic acid groups (broad SMARTS) is 1. The van der Waals surface area contributed by atoms with Crippen molar-refractivity contribution in [2.45, 2.75) is 206 Å². The summed E-state index contributed by atoms with van der Waals surface area (Å²) in [6.07, 6.45) is 30.3. The molecule has 2 atom stereocenters. The van der Waals surface area contributed by atoms with E-state index in [9.17, 15) is 33.7 Å². The first-order valence-electron chi connectivity index (χ1n) is 25.9. The second kappa shape index (κ2) is 33.4. The molecule has 0 aromatic carbocycles. The summed E-state index contributed by atoms with van der Waals surface area (Å²) in [5.41, 5.74) is 0. The van der Waals surface area contributed by atoms with Gasteiger partial charge in [-0.05, 0) is 12.8 Å². The van der Waals surface area contributed by atoms with Crippen LogP contribution in [0.3, 0.4) is 0 Å². The zero-order chi connectivity index (χ0) is 46.3. The fraction of sp³-hybridized carbons (Fsp3) is 0.917. The quantitative estimate of drug-likeness (QED) is 0.0231. The van der Waals surface area contributed by atoms with Crippen molar-refractivity contribution >= 4 is 31.6 Å². The van der Waals surface area contributed by atoms with E-state index in [1.807, 2.05) is 4.90 Å². The summed E-state index contributed by atoms with van der Waals surface area (Å²) in [5.74, 6) is -2.38. The van der Waals surface area contributed by atoms with Crippen LogP contribution in [0.2, 0.25) is 0 Å². The zero-order valence-electron chi connectivity index (χ0n) is 40.3. The third-order valence-electron chi connectivity index (χ3n) is 13.4. The summed E-state index contributed by atoms with van der Waals surface area (Å²) in [5, 5.41) is 11.5. The van der Waals surface area contributed by atoms with Crippen LogP contribution in [0.15, 0.2) is 0 Å². The maximum absolute atomic E-state index is 13.4. The highest BCUT2D eigenvalue weighted by Crippen LogP contribution is 2.38. The molecule has 1 amide bonds. The van der Waals surface area contributed by atoms with E-state index in [1.165, 1.54) is 116 Å². The van der Waals surface area contributed by atoms with Crippen molar-refractivity contribution in [3.63, 3.8) is 0 Å². The number of nitrogens with one attached hydrogen (secondary N) is 1. The number of hydrogen-bond donors (Lipinski definition) is 3. The van der Waals surface area contributed by atoms with Crippen LogP contribution in [-0.2, 0) is 37.7 Å². The molecular weight excluding hydrogens is 838 g/mol. The highest BCUT2D eigenvalue weighted by atomic mass is 31.2. The molecule has 0 radical (unpaired) electrons. The molecule has 3 heterocycles. The highest BCUT2D eigenvalue weighted by Gasteiger charge is 2.56. The lowest BCUT2D eigenvalue weighted by Gasteiger charge is -2.40. The molecule has 3 aliphatic rings. The number of carbonyl (C=O) groups excluding carboxylic acids is 3. The minimum atomic E-state index is -4.68. The van der Waals surface area contributed by atoms with Gasteiger partial charge in [-0.3, -0.25) is 38.2 Å². The molecule has 16 heteroatoms. The van der Waals surface area contributed by atoms with Crippen LogP contribution in [-0.4, -0.2) is 144 Å². The van der Waals surface area contributed by atoms with Crippen molar-refractivity contribution in [1.82, 2.24) is 19.8 Å². The monoisotopic (exact) mass is 929 g/mol. The molecule has 372 valence electrons. The Labute approximate surface area is 387 Å². The first-order valence-corrected chi connectivity index (χ1v) is 27.5. The molecule has 0 aliphatic carbocycles. The number of aliphatic carboxylic acids is 1. The van der Waals surface area contributed by atoms with Crippen LogP contribution < -0.4 is 5.09 Å². The lowest BCUT2D eigenvalue weighted by Crippen LogP contribution is -2.61. The Morgan fingerprint density at radius 3 is 1.47 bits per heavy atom. The molecule has 0 bridgehead atoms. The Morgan fingerprint density at radius 1 is 0.609 bits per heavy atom. The summed E-state index contributed by atoms with van der Waals surface area (Å²) >= 11 is 0. The van der Waals surface area contributed by atoms with Gasteiger partial charge in [0, 0.05) is 39.0 Å². The lowest BCUT2D eigenvalue weighted by atomic mass is 10.0. The van der Waals surface area contributed by atoms with Gasteiger partial charge in [-0.1, -0.05) is 168 Å². The van der Waals surface area contributed by atoms with Crippen molar-refractivity contribution in [1.29, 1.82) is 0 Å². The van der Waals surface area contributed by atoms with Crippen molar-refractivity contribution in [2.75, 3.05) is 78.7 Å². The summed E-state index contributed by atoms with van der Waals surface area (Å²) in [7, 11) is -4.68. The van der Waals surface area contributed by atoms with Crippen LogP contribution in [0.25, 0.3) is 0 Å². The van der Waals surface area contributed by atoms with Crippen LogP contribution in [0.1, 0.15) is 194 Å². The SMILES string of the molecule is CCCCCCCCCCCCCCCC(=O)OCC(COP(=O)(O)NC(=O)C[N+]12CCN3CCN(CC(=O)O)CCN(CC1)C32)OC(=O)CCCCCCCCCCCCCCC. The van der Waals surface area contributed by atoms with Crippen molar-refractivity contribution < 1.29 is 52.2 Å². The van der Waals surface area contributed by atoms with E-state index in [4.69, 9.17) is 14.0 Å². The fourth-order valence-corrected chi connectivity index (χ4v) is 10.6. The van der Waals surface area contributed by atoms with Gasteiger partial charge in [-0.15, -0.1) is 0 Å². The van der Waals surface area contributed by atoms with E-state index in [0.29, 0.717) is 56.6 Å². The topological polar surface area (TPSA) is 175 Å². The van der Waals surface area contributed by atoms with Gasteiger partial charge in [-0.2, -0.15) is 0 Å². The van der Waals surface area contributed by atoms with Crippen LogP contribution in [0, 0.1) is 0 Å². The third-order valence-corrected chi connectivity index (χ3v) is 14.5. The van der Waals surface area contributed by atoms with Crippen molar-refractivity contribution in [3.8, 4) is 0 Å². The molecule has 3 fully saturated rings. The number of ether oxygens (including phenoxy) is 2. The largest absolute Gasteiger partial charge is 0.480 e. The van der Waals surface area contributed by atoms with E-state index < -0.39 is 44.3 Å². The summed E-state index contributed by atoms with van der Waals surface area (Å²) in [6.45, 7) is 9.01. The van der Waals surface area contributed by atoms with E-state index in [2.05, 4.69) is 28.7 Å². The van der Waals surface area contributed by atoms with Gasteiger partial charge in [-0.25, -0.2) is 14.4 Å². The van der Waals surface area contributed by atoms with Crippen LogP contribution >= 0.6 is 7.75 Å². The summed E-state index contributed by atoms with van der Waals surface area (Å²) in [4.78, 5) is 67.7. The molecule has 2 unspecified atom stereocenters. The van der Waals surface area contributed by atoms with Gasteiger partial charge in [0.15, 0.2) is 12.6 Å². The maximum atomic E-state index is 13.4. The predicted octanol–water partition coefficient (Wildman–Crippen LogP) is 8.77. The molecule has 0 aromatic heterocycles. The number of amides is 1. The van der Waals surface area contributed by atoms with Gasteiger partial charge in [0.25, 0.3) is 5.91 Å². The molecule has 3 aliphatic heterocycles. The fourth-order valence-electron chi connectivity index (χ4n) is 9.74. The Bertz CT molecular complexity index is 1340. The van der Waals surface area contributed by atoms with Crippen molar-refractivity contribution in [2.24, 2.45) is 0 Å². The van der Waals surface area contributed by atoms with E-state index in [0.717, 1.165) is 51.6 Å². The second-order valence-electron chi connectivity index (χ2n) is 19.0. The van der Waals surface area contributed by atoms with E-state index in [1.54, 1.807) is 0 Å². The zero-order valence-corrected chi connectivity index (χ0v) is 41.2. The van der Waals surface area contributed by atoms with Gasteiger partial charge < -0.3 is 19.5 Å². The number of quaternary nitrogens is 1. The summed E-state index contributed by atoms with van der Waals surface area (Å²) in [6, 6.07) is 0. The van der Waals surface area contributed by atoms with Crippen LogP contribution in [0.4, 0.5) is 0 Å². The number of nitrogens with zero attached hydrogens (tertiary/aromatic N) is 4. The number of hydrogen-bond acceptors (Lipinski definition) is 11. The molecule has 0 aromatic rings. The molecule has 15 nitrogen and oxygen atoms in total. The number of carboxylic acids is 1. The Morgan fingerprint density at radius 2 is 1.03 bits per heavy atom. The second-order valence-corrected chi connectivity index (χ2v) is 20.6. The average Bonchev–Trinajstić information content (AvgIpc) is 3.77. The van der Waals surface area contributed by atoms with Crippen molar-refractivity contribution in [3.05, 3.63) is 0 Å². The average molecular weight is 929 g/mol. The number of rotatable bonds is 39. The van der Waals surface area contributed by atoms with E-state index in [-0.39, 0.29) is 38.8 Å². The molecule has 3 N–H and O–H groups in total. The molecule has 0 spiro atoms. The summed E-state index contributed by atoms with van der Waals surface area (Å²) < 4.78 is 30.2. The minimum Gasteiger partial charge on any atom is -0.480 e.